The van der Waals surface area contributed by atoms with Crippen LogP contribution in [0.25, 0.3) is 0 Å². The highest BCUT2D eigenvalue weighted by Gasteiger charge is 2.30. The molecule has 1 heterocycles. The van der Waals surface area contributed by atoms with E-state index in [4.69, 9.17) is 4.74 Å². The number of anilines is 2. The largest absolute Gasteiger partial charge is 0.494 e. The van der Waals surface area contributed by atoms with Gasteiger partial charge in [-0.25, -0.2) is 17.2 Å². The Morgan fingerprint density at radius 2 is 1.42 bits per heavy atom. The van der Waals surface area contributed by atoms with E-state index in [-0.39, 0.29) is 16.6 Å². The Hall–Kier alpha value is -3.66. The number of carbonyl (C=O) groups is 1. The number of rotatable bonds is 8. The van der Waals surface area contributed by atoms with Crippen molar-refractivity contribution < 1.29 is 26.7 Å². The van der Waals surface area contributed by atoms with Gasteiger partial charge in [-0.2, -0.15) is 0 Å². The summed E-state index contributed by atoms with van der Waals surface area (Å²) in [5, 5.41) is 0. The fourth-order valence-electron chi connectivity index (χ4n) is 4.01. The van der Waals surface area contributed by atoms with Gasteiger partial charge in [-0.05, 0) is 79.7 Å². The molecule has 1 aliphatic rings. The standard InChI is InChI=1S/C26H27F2N3O4S/c1-2-35-24-11-9-23(10-12-24)31(36(33,34)25-13-5-21(28)6-14-25)19-26(32)30-17-15-29(16-18-30)22-7-3-20(27)4-8-22/h3-14H,2,15-19H2,1H3. The fourth-order valence-corrected chi connectivity index (χ4v) is 5.43. The first-order chi connectivity index (χ1) is 17.3. The number of benzene rings is 3. The molecule has 190 valence electrons. The summed E-state index contributed by atoms with van der Waals surface area (Å²) in [6, 6.07) is 17.1. The van der Waals surface area contributed by atoms with E-state index in [0.717, 1.165) is 22.1 Å². The van der Waals surface area contributed by atoms with Gasteiger partial charge in [0.05, 0.1) is 17.2 Å². The Morgan fingerprint density at radius 3 is 1.97 bits per heavy atom. The molecule has 1 saturated heterocycles. The Kier molecular flexibility index (Phi) is 7.73. The number of hydrogen-bond acceptors (Lipinski definition) is 5. The lowest BCUT2D eigenvalue weighted by molar-refractivity contribution is -0.129. The molecule has 0 atom stereocenters. The maximum Gasteiger partial charge on any atom is 0.264 e. The van der Waals surface area contributed by atoms with Crippen molar-refractivity contribution in [3.05, 3.63) is 84.4 Å². The molecule has 3 aromatic rings. The second-order valence-corrected chi connectivity index (χ2v) is 10.1. The lowest BCUT2D eigenvalue weighted by Gasteiger charge is -2.37. The summed E-state index contributed by atoms with van der Waals surface area (Å²) in [5.41, 5.74) is 1.15. The van der Waals surface area contributed by atoms with Crippen LogP contribution in [0.2, 0.25) is 0 Å². The fraction of sp³-hybridized carbons (Fsp3) is 0.269. The van der Waals surface area contributed by atoms with E-state index >= 15 is 0 Å². The van der Waals surface area contributed by atoms with Crippen LogP contribution in [0.15, 0.2) is 77.7 Å². The highest BCUT2D eigenvalue weighted by atomic mass is 32.2. The number of carbonyl (C=O) groups excluding carboxylic acids is 1. The van der Waals surface area contributed by atoms with Crippen molar-refractivity contribution >= 4 is 27.3 Å². The van der Waals surface area contributed by atoms with Crippen molar-refractivity contribution in [2.24, 2.45) is 0 Å². The van der Waals surface area contributed by atoms with Gasteiger partial charge in [0.25, 0.3) is 10.0 Å². The van der Waals surface area contributed by atoms with Gasteiger partial charge in [0.15, 0.2) is 0 Å². The molecule has 1 aliphatic heterocycles. The summed E-state index contributed by atoms with van der Waals surface area (Å²) >= 11 is 0. The quantitative estimate of drug-likeness (QED) is 0.455. The number of amides is 1. The monoisotopic (exact) mass is 515 g/mol. The normalized spacial score (nSPS) is 14.0. The average Bonchev–Trinajstić information content (AvgIpc) is 2.89. The van der Waals surface area contributed by atoms with Gasteiger partial charge in [0.1, 0.15) is 23.9 Å². The van der Waals surface area contributed by atoms with Crippen LogP contribution >= 0.6 is 0 Å². The summed E-state index contributed by atoms with van der Waals surface area (Å²) < 4.78 is 60.1. The van der Waals surface area contributed by atoms with Crippen LogP contribution in [0.1, 0.15) is 6.92 Å². The number of piperazine rings is 1. The summed E-state index contributed by atoms with van der Waals surface area (Å²) in [4.78, 5) is 16.8. The predicted octanol–water partition coefficient (Wildman–Crippen LogP) is 3.91. The molecule has 3 aromatic carbocycles. The van der Waals surface area contributed by atoms with Crippen LogP contribution in [0.5, 0.6) is 5.75 Å². The molecule has 7 nitrogen and oxygen atoms in total. The van der Waals surface area contributed by atoms with Gasteiger partial charge < -0.3 is 14.5 Å². The van der Waals surface area contributed by atoms with Crippen molar-refractivity contribution in [3.8, 4) is 5.75 Å². The van der Waals surface area contributed by atoms with Gasteiger partial charge in [-0.1, -0.05) is 0 Å². The van der Waals surface area contributed by atoms with Crippen LogP contribution < -0.4 is 13.9 Å². The third-order valence-electron chi connectivity index (χ3n) is 5.94. The number of sulfonamides is 1. The van der Waals surface area contributed by atoms with E-state index in [2.05, 4.69) is 0 Å². The van der Waals surface area contributed by atoms with Crippen LogP contribution in [0.3, 0.4) is 0 Å². The van der Waals surface area contributed by atoms with Gasteiger partial charge in [0, 0.05) is 31.9 Å². The zero-order chi connectivity index (χ0) is 25.7. The Bertz CT molecular complexity index is 1280. The molecule has 0 N–H and O–H groups in total. The second-order valence-electron chi connectivity index (χ2n) is 8.24. The lowest BCUT2D eigenvalue weighted by atomic mass is 10.2. The number of halogens is 2. The third-order valence-corrected chi connectivity index (χ3v) is 7.73. The zero-order valence-electron chi connectivity index (χ0n) is 19.8. The maximum atomic E-state index is 13.5. The number of hydrogen-bond donors (Lipinski definition) is 0. The van der Waals surface area contributed by atoms with Crippen molar-refractivity contribution in [1.82, 2.24) is 4.90 Å². The minimum atomic E-state index is -4.16. The van der Waals surface area contributed by atoms with Crippen molar-refractivity contribution in [3.63, 3.8) is 0 Å². The lowest BCUT2D eigenvalue weighted by Crippen LogP contribution is -2.52. The van der Waals surface area contributed by atoms with Gasteiger partial charge in [-0.15, -0.1) is 0 Å². The van der Waals surface area contributed by atoms with E-state index in [1.165, 1.54) is 24.3 Å². The third kappa shape index (κ3) is 5.76. The van der Waals surface area contributed by atoms with Crippen LogP contribution in [-0.2, 0) is 14.8 Å². The second kappa shape index (κ2) is 10.9. The molecule has 0 unspecified atom stereocenters. The molecule has 10 heteroatoms. The molecule has 1 fully saturated rings. The highest BCUT2D eigenvalue weighted by Crippen LogP contribution is 2.27. The molecule has 0 radical (unpaired) electrons. The number of ether oxygens (including phenoxy) is 1. The van der Waals surface area contributed by atoms with E-state index in [1.807, 2.05) is 11.8 Å². The Morgan fingerprint density at radius 1 is 0.861 bits per heavy atom. The average molecular weight is 516 g/mol. The Labute approximate surface area is 209 Å². The Balaban J connectivity index is 1.53. The molecule has 36 heavy (non-hydrogen) atoms. The molecule has 0 bridgehead atoms. The van der Waals surface area contributed by atoms with Crippen molar-refractivity contribution in [1.29, 1.82) is 0 Å². The zero-order valence-corrected chi connectivity index (χ0v) is 20.6. The SMILES string of the molecule is CCOc1ccc(N(CC(=O)N2CCN(c3ccc(F)cc3)CC2)S(=O)(=O)c2ccc(F)cc2)cc1. The first-order valence-corrected chi connectivity index (χ1v) is 13.0. The van der Waals surface area contributed by atoms with Crippen LogP contribution in [0, 0.1) is 11.6 Å². The molecular formula is C26H27F2N3O4S. The molecule has 0 saturated carbocycles. The predicted molar refractivity (Wildman–Crippen MR) is 134 cm³/mol. The summed E-state index contributed by atoms with van der Waals surface area (Å²) in [7, 11) is -4.16. The van der Waals surface area contributed by atoms with Gasteiger partial charge in [-0.3, -0.25) is 9.10 Å². The van der Waals surface area contributed by atoms with Gasteiger partial charge in [0.2, 0.25) is 5.91 Å². The van der Waals surface area contributed by atoms with Crippen molar-refractivity contribution in [2.45, 2.75) is 11.8 Å². The van der Waals surface area contributed by atoms with Crippen LogP contribution in [0.4, 0.5) is 20.2 Å². The summed E-state index contributed by atoms with van der Waals surface area (Å²) in [6.45, 7) is 3.74. The van der Waals surface area contributed by atoms with Crippen LogP contribution in [-0.4, -0.2) is 58.6 Å². The topological polar surface area (TPSA) is 70.2 Å². The molecule has 4 rings (SSSR count). The highest BCUT2D eigenvalue weighted by molar-refractivity contribution is 7.92. The first kappa shape index (κ1) is 25.4. The van der Waals surface area contributed by atoms with Gasteiger partial charge >= 0.3 is 0 Å². The summed E-state index contributed by atoms with van der Waals surface area (Å²) in [6.07, 6.45) is 0. The molecule has 1 amide bonds. The van der Waals surface area contributed by atoms with E-state index in [1.54, 1.807) is 41.3 Å². The van der Waals surface area contributed by atoms with E-state index < -0.39 is 22.4 Å². The first-order valence-electron chi connectivity index (χ1n) is 11.6. The smallest absolute Gasteiger partial charge is 0.264 e. The summed E-state index contributed by atoms with van der Waals surface area (Å²) in [5.74, 6) is -0.655. The number of nitrogens with zero attached hydrogens (tertiary/aromatic N) is 3. The van der Waals surface area contributed by atoms with E-state index in [9.17, 15) is 22.0 Å². The minimum absolute atomic E-state index is 0.119. The minimum Gasteiger partial charge on any atom is -0.494 e. The van der Waals surface area contributed by atoms with E-state index in [0.29, 0.717) is 44.2 Å². The van der Waals surface area contributed by atoms with Crippen molar-refractivity contribution in [2.75, 3.05) is 48.5 Å². The molecular weight excluding hydrogens is 488 g/mol. The molecule has 0 spiro atoms. The molecule has 0 aromatic heterocycles. The maximum absolute atomic E-state index is 13.5. The molecule has 0 aliphatic carbocycles.